The zero-order chi connectivity index (χ0) is 20.7. The molecule has 0 aliphatic heterocycles. The van der Waals surface area contributed by atoms with Crippen LogP contribution in [0.3, 0.4) is 0 Å². The van der Waals surface area contributed by atoms with Gasteiger partial charge in [0.2, 0.25) is 0 Å². The standard InChI is InChI=1S/C18H18N2O7S/c1-13(28(25,26)16-9-7-15(8-10-16)20(23)24)18(22)27-12-17(21)19-11-14-5-3-2-4-6-14/h2-10,13H,11-12H2,1H3,(H,19,21)/t13-/m0/s1. The zero-order valence-corrected chi connectivity index (χ0v) is 15.7. The van der Waals surface area contributed by atoms with Crippen LogP contribution in [-0.2, 0) is 30.7 Å². The van der Waals surface area contributed by atoms with Crippen molar-refractivity contribution in [2.75, 3.05) is 6.61 Å². The summed E-state index contributed by atoms with van der Waals surface area (Å²) >= 11 is 0. The van der Waals surface area contributed by atoms with Crippen LogP contribution in [0.15, 0.2) is 59.5 Å². The maximum atomic E-state index is 12.4. The number of esters is 1. The average Bonchev–Trinajstić information content (AvgIpc) is 2.70. The van der Waals surface area contributed by atoms with E-state index in [-0.39, 0.29) is 17.1 Å². The maximum Gasteiger partial charge on any atom is 0.324 e. The predicted molar refractivity (Wildman–Crippen MR) is 99.0 cm³/mol. The minimum Gasteiger partial charge on any atom is -0.455 e. The summed E-state index contributed by atoms with van der Waals surface area (Å²) in [6, 6.07) is 13.2. The van der Waals surface area contributed by atoms with Crippen molar-refractivity contribution in [1.29, 1.82) is 0 Å². The highest BCUT2D eigenvalue weighted by Crippen LogP contribution is 2.20. The van der Waals surface area contributed by atoms with Gasteiger partial charge in [0.05, 0.1) is 9.82 Å². The number of amides is 1. The number of hydrogen-bond acceptors (Lipinski definition) is 7. The Hall–Kier alpha value is -3.27. The molecule has 0 unspecified atom stereocenters. The number of nitrogens with one attached hydrogen (secondary N) is 1. The van der Waals surface area contributed by atoms with Crippen molar-refractivity contribution in [3.05, 3.63) is 70.3 Å². The number of sulfone groups is 1. The molecule has 0 aromatic heterocycles. The second kappa shape index (κ2) is 9.09. The lowest BCUT2D eigenvalue weighted by molar-refractivity contribution is -0.384. The summed E-state index contributed by atoms with van der Waals surface area (Å²) in [7, 11) is -4.11. The minimum atomic E-state index is -4.11. The summed E-state index contributed by atoms with van der Waals surface area (Å²) in [6.45, 7) is 0.751. The highest BCUT2D eigenvalue weighted by Gasteiger charge is 2.31. The lowest BCUT2D eigenvalue weighted by Gasteiger charge is -2.13. The van der Waals surface area contributed by atoms with Gasteiger partial charge in [0.25, 0.3) is 11.6 Å². The summed E-state index contributed by atoms with van der Waals surface area (Å²) in [4.78, 5) is 33.5. The quantitative estimate of drug-likeness (QED) is 0.400. The van der Waals surface area contributed by atoms with Crippen molar-refractivity contribution in [1.82, 2.24) is 5.32 Å². The molecular formula is C18H18N2O7S. The molecule has 10 heteroatoms. The molecule has 1 N–H and O–H groups in total. The molecule has 9 nitrogen and oxygen atoms in total. The van der Waals surface area contributed by atoms with Gasteiger partial charge in [0, 0.05) is 18.7 Å². The van der Waals surface area contributed by atoms with E-state index >= 15 is 0 Å². The topological polar surface area (TPSA) is 133 Å². The molecule has 2 rings (SSSR count). The summed E-state index contributed by atoms with van der Waals surface area (Å²) in [5.41, 5.74) is 0.584. The normalized spacial score (nSPS) is 12.0. The van der Waals surface area contributed by atoms with Crippen LogP contribution in [0.2, 0.25) is 0 Å². The van der Waals surface area contributed by atoms with Gasteiger partial charge in [-0.2, -0.15) is 0 Å². The maximum absolute atomic E-state index is 12.4. The van der Waals surface area contributed by atoms with E-state index in [0.29, 0.717) is 0 Å². The van der Waals surface area contributed by atoms with E-state index in [2.05, 4.69) is 5.32 Å². The number of carbonyl (C=O) groups is 2. The fourth-order valence-electron chi connectivity index (χ4n) is 2.19. The van der Waals surface area contributed by atoms with Crippen molar-refractivity contribution in [3.63, 3.8) is 0 Å². The van der Waals surface area contributed by atoms with Gasteiger partial charge in [0.15, 0.2) is 21.7 Å². The van der Waals surface area contributed by atoms with E-state index in [4.69, 9.17) is 4.74 Å². The number of ether oxygens (including phenoxy) is 1. The van der Waals surface area contributed by atoms with Gasteiger partial charge in [-0.3, -0.25) is 19.7 Å². The Labute approximate surface area is 161 Å². The van der Waals surface area contributed by atoms with E-state index < -0.39 is 38.5 Å². The van der Waals surface area contributed by atoms with Crippen molar-refractivity contribution < 1.29 is 27.7 Å². The SMILES string of the molecule is C[C@@H](C(=O)OCC(=O)NCc1ccccc1)S(=O)(=O)c1ccc([N+](=O)[O-])cc1. The number of nitrogens with zero attached hydrogens (tertiary/aromatic N) is 1. The molecule has 0 aliphatic rings. The molecule has 0 spiro atoms. The monoisotopic (exact) mass is 406 g/mol. The van der Waals surface area contributed by atoms with E-state index in [1.54, 1.807) is 0 Å². The molecule has 148 valence electrons. The number of non-ortho nitro benzene ring substituents is 1. The number of hydrogen-bond donors (Lipinski definition) is 1. The third-order valence-corrected chi connectivity index (χ3v) is 5.90. The predicted octanol–water partition coefficient (Wildman–Crippen LogP) is 1.62. The van der Waals surface area contributed by atoms with Crippen molar-refractivity contribution in [2.45, 2.75) is 23.6 Å². The minimum absolute atomic E-state index is 0.244. The third-order valence-electron chi connectivity index (χ3n) is 3.85. The van der Waals surface area contributed by atoms with Crippen molar-refractivity contribution in [3.8, 4) is 0 Å². The summed E-state index contributed by atoms with van der Waals surface area (Å²) in [5, 5.41) is 11.6. The second-order valence-corrected chi connectivity index (χ2v) is 8.08. The average molecular weight is 406 g/mol. The molecule has 2 aromatic carbocycles. The largest absolute Gasteiger partial charge is 0.455 e. The van der Waals surface area contributed by atoms with Crippen molar-refractivity contribution in [2.24, 2.45) is 0 Å². The Balaban J connectivity index is 1.91. The number of benzene rings is 2. The van der Waals surface area contributed by atoms with Crippen LogP contribution < -0.4 is 5.32 Å². The smallest absolute Gasteiger partial charge is 0.324 e. The molecule has 0 aliphatic carbocycles. The van der Waals surface area contributed by atoms with Crippen molar-refractivity contribution >= 4 is 27.4 Å². The van der Waals surface area contributed by atoms with E-state index in [1.807, 2.05) is 30.3 Å². The van der Waals surface area contributed by atoms with Gasteiger partial charge in [-0.25, -0.2) is 8.42 Å². The van der Waals surface area contributed by atoms with Gasteiger partial charge in [0.1, 0.15) is 0 Å². The van der Waals surface area contributed by atoms with Crippen LogP contribution in [0.5, 0.6) is 0 Å². The van der Waals surface area contributed by atoms with Crippen LogP contribution in [0.25, 0.3) is 0 Å². The fourth-order valence-corrected chi connectivity index (χ4v) is 3.43. The molecular weight excluding hydrogens is 388 g/mol. The number of nitro benzene ring substituents is 1. The Bertz CT molecular complexity index is 957. The molecule has 1 atom stereocenters. The summed E-state index contributed by atoms with van der Waals surface area (Å²) in [6.07, 6.45) is 0. The van der Waals surface area contributed by atoms with Crippen LogP contribution >= 0.6 is 0 Å². The number of nitro groups is 1. The van der Waals surface area contributed by atoms with Crippen LogP contribution in [0, 0.1) is 10.1 Å². The lowest BCUT2D eigenvalue weighted by atomic mass is 10.2. The van der Waals surface area contributed by atoms with Crippen LogP contribution in [-0.4, -0.2) is 37.1 Å². The van der Waals surface area contributed by atoms with E-state index in [0.717, 1.165) is 36.8 Å². The Kier molecular flexibility index (Phi) is 6.83. The van der Waals surface area contributed by atoms with E-state index in [1.165, 1.54) is 0 Å². The van der Waals surface area contributed by atoms with Gasteiger partial charge in [-0.15, -0.1) is 0 Å². The van der Waals surface area contributed by atoms with Gasteiger partial charge < -0.3 is 10.1 Å². The Morgan fingerprint density at radius 3 is 2.29 bits per heavy atom. The molecule has 1 amide bonds. The van der Waals surface area contributed by atoms with E-state index in [9.17, 15) is 28.1 Å². The number of rotatable bonds is 8. The molecule has 0 radical (unpaired) electrons. The summed E-state index contributed by atoms with van der Waals surface area (Å²) in [5.74, 6) is -1.66. The van der Waals surface area contributed by atoms with Gasteiger partial charge >= 0.3 is 5.97 Å². The Morgan fingerprint density at radius 2 is 1.71 bits per heavy atom. The molecule has 28 heavy (non-hydrogen) atoms. The first-order valence-electron chi connectivity index (χ1n) is 8.17. The molecule has 0 saturated heterocycles. The highest BCUT2D eigenvalue weighted by molar-refractivity contribution is 7.92. The first-order chi connectivity index (χ1) is 13.2. The fraction of sp³-hybridized carbons (Fsp3) is 0.222. The number of carbonyl (C=O) groups excluding carboxylic acids is 2. The molecule has 2 aromatic rings. The first kappa shape index (κ1) is 21.0. The molecule has 0 saturated carbocycles. The Morgan fingerprint density at radius 1 is 1.11 bits per heavy atom. The zero-order valence-electron chi connectivity index (χ0n) is 14.9. The van der Waals surface area contributed by atoms with Gasteiger partial charge in [-0.05, 0) is 24.6 Å². The first-order valence-corrected chi connectivity index (χ1v) is 9.72. The van der Waals surface area contributed by atoms with Gasteiger partial charge in [-0.1, -0.05) is 30.3 Å². The highest BCUT2D eigenvalue weighted by atomic mass is 32.2. The molecule has 0 heterocycles. The lowest BCUT2D eigenvalue weighted by Crippen LogP contribution is -2.34. The summed E-state index contributed by atoms with van der Waals surface area (Å²) < 4.78 is 29.7. The van der Waals surface area contributed by atoms with Crippen LogP contribution in [0.4, 0.5) is 5.69 Å². The second-order valence-electron chi connectivity index (χ2n) is 5.81. The van der Waals surface area contributed by atoms with Crippen LogP contribution in [0.1, 0.15) is 12.5 Å². The third kappa shape index (κ3) is 5.36. The molecule has 0 bridgehead atoms. The molecule has 0 fully saturated rings.